The topological polar surface area (TPSA) is 32.3 Å². The van der Waals surface area contributed by atoms with E-state index in [2.05, 4.69) is 5.32 Å². The molecule has 1 unspecified atom stereocenters. The van der Waals surface area contributed by atoms with E-state index in [1.807, 2.05) is 31.0 Å². The number of benzene rings is 1. The van der Waals surface area contributed by atoms with Crippen LogP contribution in [0.15, 0.2) is 18.2 Å². The summed E-state index contributed by atoms with van der Waals surface area (Å²) in [5, 5.41) is 4.05. The van der Waals surface area contributed by atoms with E-state index < -0.39 is 0 Å². The molecule has 1 aromatic rings. The summed E-state index contributed by atoms with van der Waals surface area (Å²) >= 11 is 5.94. The minimum absolute atomic E-state index is 0.0982. The zero-order valence-corrected chi connectivity index (χ0v) is 12.3. The van der Waals surface area contributed by atoms with Crippen molar-refractivity contribution >= 4 is 17.5 Å². The van der Waals surface area contributed by atoms with Gasteiger partial charge in [-0.2, -0.15) is 0 Å². The average molecular weight is 281 g/mol. The lowest BCUT2D eigenvalue weighted by Gasteiger charge is -2.27. The van der Waals surface area contributed by atoms with Crippen molar-refractivity contribution in [2.24, 2.45) is 0 Å². The molecule has 1 fully saturated rings. The molecule has 2 rings (SSSR count). The van der Waals surface area contributed by atoms with Crippen molar-refractivity contribution in [2.75, 3.05) is 20.1 Å². The normalized spacial score (nSPS) is 19.8. The maximum absolute atomic E-state index is 12.6. The zero-order chi connectivity index (χ0) is 13.8. The van der Waals surface area contributed by atoms with Gasteiger partial charge in [-0.05, 0) is 63.0 Å². The van der Waals surface area contributed by atoms with Crippen molar-refractivity contribution in [1.29, 1.82) is 0 Å². The Balaban J connectivity index is 2.13. The number of amides is 1. The number of carbonyl (C=O) groups is 1. The van der Waals surface area contributed by atoms with E-state index in [0.29, 0.717) is 11.1 Å². The minimum Gasteiger partial charge on any atom is -0.339 e. The van der Waals surface area contributed by atoms with Crippen LogP contribution in [0.4, 0.5) is 0 Å². The summed E-state index contributed by atoms with van der Waals surface area (Å²) in [5.41, 5.74) is 1.69. The van der Waals surface area contributed by atoms with E-state index >= 15 is 0 Å². The number of halogens is 1. The quantitative estimate of drug-likeness (QED) is 0.903. The van der Waals surface area contributed by atoms with Gasteiger partial charge in [0.2, 0.25) is 0 Å². The number of carbonyl (C=O) groups excluding carboxylic acids is 1. The first kappa shape index (κ1) is 14.4. The number of hydrogen-bond donors (Lipinski definition) is 1. The first-order valence-corrected chi connectivity index (χ1v) is 7.21. The molecule has 0 saturated carbocycles. The number of hydrogen-bond acceptors (Lipinski definition) is 2. The van der Waals surface area contributed by atoms with Gasteiger partial charge in [0.15, 0.2) is 0 Å². The molecule has 0 aliphatic carbocycles. The molecule has 0 spiro atoms. The van der Waals surface area contributed by atoms with Crippen molar-refractivity contribution in [3.05, 3.63) is 34.3 Å². The molecule has 1 heterocycles. The van der Waals surface area contributed by atoms with Crippen LogP contribution in [0.1, 0.15) is 35.2 Å². The Morgan fingerprint density at radius 2 is 2.16 bits per heavy atom. The predicted octanol–water partition coefficient (Wildman–Crippen LogP) is 2.86. The van der Waals surface area contributed by atoms with Crippen molar-refractivity contribution in [2.45, 2.75) is 32.2 Å². The third-order valence-corrected chi connectivity index (χ3v) is 4.07. The maximum Gasteiger partial charge on any atom is 0.254 e. The van der Waals surface area contributed by atoms with Crippen molar-refractivity contribution < 1.29 is 4.79 Å². The van der Waals surface area contributed by atoms with Gasteiger partial charge in [0.05, 0.1) is 0 Å². The van der Waals surface area contributed by atoms with E-state index in [-0.39, 0.29) is 5.91 Å². The van der Waals surface area contributed by atoms with Crippen LogP contribution in [0, 0.1) is 6.92 Å². The van der Waals surface area contributed by atoms with Crippen LogP contribution in [0.3, 0.4) is 0 Å². The lowest BCUT2D eigenvalue weighted by atomic mass is 10.0. The summed E-state index contributed by atoms with van der Waals surface area (Å²) in [6.07, 6.45) is 3.22. The van der Waals surface area contributed by atoms with Crippen molar-refractivity contribution in [3.63, 3.8) is 0 Å². The molecule has 3 nitrogen and oxygen atoms in total. The number of aryl methyl sites for hydroxylation is 1. The van der Waals surface area contributed by atoms with Crippen LogP contribution in [-0.4, -0.2) is 37.0 Å². The van der Waals surface area contributed by atoms with Gasteiger partial charge in [0.25, 0.3) is 5.91 Å². The van der Waals surface area contributed by atoms with Crippen LogP contribution in [0.2, 0.25) is 5.02 Å². The summed E-state index contributed by atoms with van der Waals surface area (Å²) in [6.45, 7) is 3.97. The minimum atomic E-state index is 0.0982. The van der Waals surface area contributed by atoms with Crippen LogP contribution >= 0.6 is 11.6 Å². The molecule has 1 amide bonds. The van der Waals surface area contributed by atoms with Crippen LogP contribution in [-0.2, 0) is 0 Å². The fraction of sp³-hybridized carbons (Fsp3) is 0.533. The highest BCUT2D eigenvalue weighted by Gasteiger charge is 2.22. The fourth-order valence-corrected chi connectivity index (χ4v) is 2.84. The highest BCUT2D eigenvalue weighted by molar-refractivity contribution is 6.30. The molecule has 4 heteroatoms. The number of nitrogens with one attached hydrogen (secondary N) is 1. The Kier molecular flexibility index (Phi) is 4.83. The molecular weight excluding hydrogens is 260 g/mol. The standard InChI is InChI=1S/C15H21ClN2O/c1-11-10-12(16)5-6-14(11)15(19)18(2)13-4-3-8-17-9-7-13/h5-6,10,13,17H,3-4,7-9H2,1-2H3. The van der Waals surface area contributed by atoms with Gasteiger partial charge in [0, 0.05) is 23.7 Å². The lowest BCUT2D eigenvalue weighted by Crippen LogP contribution is -2.37. The molecule has 1 N–H and O–H groups in total. The predicted molar refractivity (Wildman–Crippen MR) is 78.8 cm³/mol. The van der Waals surface area contributed by atoms with Gasteiger partial charge in [-0.15, -0.1) is 0 Å². The van der Waals surface area contributed by atoms with Gasteiger partial charge >= 0.3 is 0 Å². The van der Waals surface area contributed by atoms with Gasteiger partial charge < -0.3 is 10.2 Å². The Morgan fingerprint density at radius 1 is 1.37 bits per heavy atom. The SMILES string of the molecule is Cc1cc(Cl)ccc1C(=O)N(C)C1CCCNCC1. The second-order valence-corrected chi connectivity index (χ2v) is 5.65. The fourth-order valence-electron chi connectivity index (χ4n) is 2.61. The van der Waals surface area contributed by atoms with E-state index in [1.165, 1.54) is 0 Å². The van der Waals surface area contributed by atoms with E-state index in [1.54, 1.807) is 6.07 Å². The van der Waals surface area contributed by atoms with Crippen LogP contribution < -0.4 is 5.32 Å². The molecule has 0 radical (unpaired) electrons. The van der Waals surface area contributed by atoms with Crippen molar-refractivity contribution in [3.8, 4) is 0 Å². The molecule has 1 atom stereocenters. The molecule has 1 aromatic carbocycles. The molecule has 1 aliphatic rings. The highest BCUT2D eigenvalue weighted by atomic mass is 35.5. The maximum atomic E-state index is 12.6. The molecule has 0 bridgehead atoms. The zero-order valence-electron chi connectivity index (χ0n) is 11.6. The molecule has 0 aromatic heterocycles. The Bertz CT molecular complexity index is 453. The van der Waals surface area contributed by atoms with E-state index in [4.69, 9.17) is 11.6 Å². The monoisotopic (exact) mass is 280 g/mol. The second kappa shape index (κ2) is 6.40. The van der Waals surface area contributed by atoms with E-state index in [9.17, 15) is 4.79 Å². The molecule has 1 saturated heterocycles. The Morgan fingerprint density at radius 3 is 2.89 bits per heavy atom. The molecule has 1 aliphatic heterocycles. The van der Waals surface area contributed by atoms with Gasteiger partial charge in [0.1, 0.15) is 0 Å². The largest absolute Gasteiger partial charge is 0.339 e. The smallest absolute Gasteiger partial charge is 0.254 e. The summed E-state index contributed by atoms with van der Waals surface area (Å²) in [6, 6.07) is 5.78. The molecule has 19 heavy (non-hydrogen) atoms. The van der Waals surface area contributed by atoms with Gasteiger partial charge in [-0.1, -0.05) is 11.6 Å². The van der Waals surface area contributed by atoms with Gasteiger partial charge in [-0.25, -0.2) is 0 Å². The Labute approximate surface area is 119 Å². The summed E-state index contributed by atoms with van der Waals surface area (Å²) in [5.74, 6) is 0.0982. The van der Waals surface area contributed by atoms with Crippen molar-refractivity contribution in [1.82, 2.24) is 10.2 Å². The summed E-state index contributed by atoms with van der Waals surface area (Å²) in [7, 11) is 1.91. The number of rotatable bonds is 2. The van der Waals surface area contributed by atoms with Gasteiger partial charge in [-0.3, -0.25) is 4.79 Å². The third kappa shape index (κ3) is 3.48. The van der Waals surface area contributed by atoms with Crippen LogP contribution in [0.5, 0.6) is 0 Å². The lowest BCUT2D eigenvalue weighted by molar-refractivity contribution is 0.0719. The molecule has 104 valence electrons. The first-order chi connectivity index (χ1) is 9.09. The van der Waals surface area contributed by atoms with E-state index in [0.717, 1.165) is 43.5 Å². The first-order valence-electron chi connectivity index (χ1n) is 6.83. The Hall–Kier alpha value is -1.06. The highest BCUT2D eigenvalue weighted by Crippen LogP contribution is 2.19. The molecular formula is C15H21ClN2O. The number of nitrogens with zero attached hydrogens (tertiary/aromatic N) is 1. The summed E-state index contributed by atoms with van der Waals surface area (Å²) < 4.78 is 0. The summed E-state index contributed by atoms with van der Waals surface area (Å²) in [4.78, 5) is 14.4. The average Bonchev–Trinajstić information content (AvgIpc) is 2.66. The third-order valence-electron chi connectivity index (χ3n) is 3.83. The second-order valence-electron chi connectivity index (χ2n) is 5.21. The van der Waals surface area contributed by atoms with Crippen LogP contribution in [0.25, 0.3) is 0 Å².